The Morgan fingerprint density at radius 2 is 2.00 bits per heavy atom. The number of nitrogens with one attached hydrogen (secondary N) is 1. The monoisotopic (exact) mass is 310 g/mol. The maximum absolute atomic E-state index is 11.7. The smallest absolute Gasteiger partial charge is 0.257 e. The van der Waals surface area contributed by atoms with E-state index in [0.29, 0.717) is 17.3 Å². The van der Waals surface area contributed by atoms with Crippen LogP contribution in [0.4, 0.5) is 0 Å². The minimum atomic E-state index is -0.101. The van der Waals surface area contributed by atoms with Gasteiger partial charge in [-0.3, -0.25) is 4.79 Å². The molecule has 1 amide bonds. The van der Waals surface area contributed by atoms with E-state index in [1.165, 1.54) is 25.9 Å². The molecule has 0 aliphatic carbocycles. The van der Waals surface area contributed by atoms with E-state index in [1.807, 2.05) is 12.1 Å². The quantitative estimate of drug-likeness (QED) is 0.751. The molecule has 21 heavy (non-hydrogen) atoms. The minimum absolute atomic E-state index is 0.00978. The molecule has 4 nitrogen and oxygen atoms in total. The van der Waals surface area contributed by atoms with E-state index in [-0.39, 0.29) is 12.5 Å². The van der Waals surface area contributed by atoms with Crippen LogP contribution < -0.4 is 10.1 Å². The summed E-state index contributed by atoms with van der Waals surface area (Å²) in [6, 6.07) is 7.16. The van der Waals surface area contributed by atoms with Gasteiger partial charge in [0.15, 0.2) is 6.61 Å². The molecule has 2 rings (SSSR count). The van der Waals surface area contributed by atoms with Crippen molar-refractivity contribution in [1.82, 2.24) is 10.2 Å². The van der Waals surface area contributed by atoms with Crippen LogP contribution in [0.3, 0.4) is 0 Å². The summed E-state index contributed by atoms with van der Waals surface area (Å²) in [4.78, 5) is 14.1. The summed E-state index contributed by atoms with van der Waals surface area (Å²) in [6.45, 7) is 4.33. The van der Waals surface area contributed by atoms with Crippen molar-refractivity contribution in [3.8, 4) is 5.75 Å². The number of para-hydroxylation sites is 1. The Morgan fingerprint density at radius 1 is 1.24 bits per heavy atom. The van der Waals surface area contributed by atoms with Gasteiger partial charge in [-0.1, -0.05) is 23.7 Å². The Morgan fingerprint density at radius 3 is 2.76 bits per heavy atom. The highest BCUT2D eigenvalue weighted by Crippen LogP contribution is 2.22. The van der Waals surface area contributed by atoms with Crippen molar-refractivity contribution in [3.63, 3.8) is 0 Å². The van der Waals surface area contributed by atoms with Crippen molar-refractivity contribution in [2.24, 2.45) is 0 Å². The second kappa shape index (κ2) is 8.90. The molecule has 1 aromatic rings. The van der Waals surface area contributed by atoms with Crippen molar-refractivity contribution in [2.45, 2.75) is 25.7 Å². The normalized spacial score (nSPS) is 15.1. The molecule has 1 heterocycles. The highest BCUT2D eigenvalue weighted by Gasteiger charge is 2.10. The molecule has 0 spiro atoms. The maximum atomic E-state index is 11.7. The van der Waals surface area contributed by atoms with Crippen LogP contribution in [-0.2, 0) is 4.79 Å². The van der Waals surface area contributed by atoms with E-state index >= 15 is 0 Å². The Hall–Kier alpha value is -1.26. The van der Waals surface area contributed by atoms with Gasteiger partial charge in [0.1, 0.15) is 5.75 Å². The van der Waals surface area contributed by atoms with Gasteiger partial charge in [0.2, 0.25) is 0 Å². The molecule has 0 bridgehead atoms. The summed E-state index contributed by atoms with van der Waals surface area (Å²) in [5.74, 6) is 0.444. The van der Waals surface area contributed by atoms with Crippen LogP contribution in [0.2, 0.25) is 5.02 Å². The van der Waals surface area contributed by atoms with Gasteiger partial charge in [-0.2, -0.15) is 0 Å². The highest BCUT2D eigenvalue weighted by molar-refractivity contribution is 6.32. The number of likely N-dealkylation sites (tertiary alicyclic amines) is 1. The first-order valence-electron chi connectivity index (χ1n) is 7.62. The number of hydrogen-bond acceptors (Lipinski definition) is 3. The second-order valence-corrected chi connectivity index (χ2v) is 5.73. The van der Waals surface area contributed by atoms with Gasteiger partial charge in [-0.25, -0.2) is 0 Å². The molecular weight excluding hydrogens is 288 g/mol. The average molecular weight is 311 g/mol. The second-order valence-electron chi connectivity index (χ2n) is 5.32. The number of halogens is 1. The van der Waals surface area contributed by atoms with Gasteiger partial charge < -0.3 is 15.0 Å². The molecule has 116 valence electrons. The highest BCUT2D eigenvalue weighted by atomic mass is 35.5. The van der Waals surface area contributed by atoms with Crippen LogP contribution >= 0.6 is 11.6 Å². The van der Waals surface area contributed by atoms with Gasteiger partial charge in [0, 0.05) is 6.54 Å². The minimum Gasteiger partial charge on any atom is -0.482 e. The van der Waals surface area contributed by atoms with Crippen LogP contribution in [0.5, 0.6) is 5.75 Å². The van der Waals surface area contributed by atoms with Crippen LogP contribution in [0.15, 0.2) is 24.3 Å². The van der Waals surface area contributed by atoms with E-state index < -0.39 is 0 Å². The lowest BCUT2D eigenvalue weighted by molar-refractivity contribution is -0.123. The number of unbranched alkanes of at least 4 members (excludes halogenated alkanes) is 1. The Kier molecular flexibility index (Phi) is 6.83. The Balaban J connectivity index is 1.52. The molecule has 0 atom stereocenters. The zero-order valence-corrected chi connectivity index (χ0v) is 13.1. The molecule has 1 aromatic carbocycles. The van der Waals surface area contributed by atoms with Crippen molar-refractivity contribution in [1.29, 1.82) is 0 Å². The van der Waals surface area contributed by atoms with E-state index in [2.05, 4.69) is 10.2 Å². The summed E-state index contributed by atoms with van der Waals surface area (Å²) >= 11 is 5.95. The van der Waals surface area contributed by atoms with Gasteiger partial charge >= 0.3 is 0 Å². The maximum Gasteiger partial charge on any atom is 0.257 e. The number of carbonyl (C=O) groups excluding carboxylic acids is 1. The summed E-state index contributed by atoms with van der Waals surface area (Å²) in [5, 5.41) is 3.40. The third-order valence-corrected chi connectivity index (χ3v) is 3.93. The topological polar surface area (TPSA) is 41.6 Å². The van der Waals surface area contributed by atoms with Crippen LogP contribution in [0.1, 0.15) is 25.7 Å². The van der Waals surface area contributed by atoms with Crippen LogP contribution in [0, 0.1) is 0 Å². The lowest BCUT2D eigenvalue weighted by Crippen LogP contribution is -2.30. The lowest BCUT2D eigenvalue weighted by atomic mass is 10.3. The molecular formula is C16H23ClN2O2. The van der Waals surface area contributed by atoms with Crippen molar-refractivity contribution < 1.29 is 9.53 Å². The van der Waals surface area contributed by atoms with E-state index in [0.717, 1.165) is 19.4 Å². The summed E-state index contributed by atoms with van der Waals surface area (Å²) in [5.41, 5.74) is 0. The Labute approximate surface area is 131 Å². The predicted octanol–water partition coefficient (Wildman–Crippen LogP) is 2.71. The molecule has 1 aliphatic heterocycles. The van der Waals surface area contributed by atoms with E-state index in [1.54, 1.807) is 12.1 Å². The molecule has 0 aromatic heterocycles. The third-order valence-electron chi connectivity index (χ3n) is 3.62. The van der Waals surface area contributed by atoms with Crippen molar-refractivity contribution in [2.75, 3.05) is 32.8 Å². The SMILES string of the molecule is O=C(COc1ccccc1Cl)NCCCCN1CCCC1. The molecule has 0 radical (unpaired) electrons. The molecule has 1 fully saturated rings. The van der Waals surface area contributed by atoms with E-state index in [4.69, 9.17) is 16.3 Å². The molecule has 0 unspecified atom stereocenters. The standard InChI is InChI=1S/C16H23ClN2O2/c17-14-7-1-2-8-15(14)21-13-16(20)18-9-3-4-10-19-11-5-6-12-19/h1-2,7-8H,3-6,9-13H2,(H,18,20). The van der Waals surface area contributed by atoms with Gasteiger partial charge in [0.25, 0.3) is 5.91 Å². The summed E-state index contributed by atoms with van der Waals surface area (Å²) in [6.07, 6.45) is 4.80. The zero-order valence-electron chi connectivity index (χ0n) is 12.3. The first kappa shape index (κ1) is 16.1. The fourth-order valence-electron chi connectivity index (χ4n) is 2.45. The summed E-state index contributed by atoms with van der Waals surface area (Å²) < 4.78 is 5.38. The summed E-state index contributed by atoms with van der Waals surface area (Å²) in [7, 11) is 0. The molecule has 1 N–H and O–H groups in total. The number of carbonyl (C=O) groups is 1. The predicted molar refractivity (Wildman–Crippen MR) is 84.9 cm³/mol. The number of hydrogen-bond donors (Lipinski definition) is 1. The number of amides is 1. The fraction of sp³-hybridized carbons (Fsp3) is 0.562. The first-order chi connectivity index (χ1) is 10.3. The van der Waals surface area contributed by atoms with Gasteiger partial charge in [-0.05, 0) is 57.5 Å². The number of benzene rings is 1. The van der Waals surface area contributed by atoms with Crippen LogP contribution in [-0.4, -0.2) is 43.6 Å². The number of nitrogens with zero attached hydrogens (tertiary/aromatic N) is 1. The fourth-order valence-corrected chi connectivity index (χ4v) is 2.64. The Bertz CT molecular complexity index is 448. The lowest BCUT2D eigenvalue weighted by Gasteiger charge is -2.14. The van der Waals surface area contributed by atoms with Gasteiger partial charge in [-0.15, -0.1) is 0 Å². The van der Waals surface area contributed by atoms with Crippen molar-refractivity contribution in [3.05, 3.63) is 29.3 Å². The number of rotatable bonds is 8. The zero-order chi connectivity index (χ0) is 14.9. The molecule has 5 heteroatoms. The average Bonchev–Trinajstić information content (AvgIpc) is 2.99. The molecule has 0 saturated carbocycles. The number of ether oxygens (including phenoxy) is 1. The van der Waals surface area contributed by atoms with E-state index in [9.17, 15) is 4.79 Å². The third kappa shape index (κ3) is 5.94. The largest absolute Gasteiger partial charge is 0.482 e. The first-order valence-corrected chi connectivity index (χ1v) is 8.00. The molecule has 1 saturated heterocycles. The van der Waals surface area contributed by atoms with Gasteiger partial charge in [0.05, 0.1) is 5.02 Å². The van der Waals surface area contributed by atoms with Crippen molar-refractivity contribution >= 4 is 17.5 Å². The molecule has 1 aliphatic rings. The van der Waals surface area contributed by atoms with Crippen LogP contribution in [0.25, 0.3) is 0 Å².